The molecule has 2 unspecified atom stereocenters. The third kappa shape index (κ3) is 2.61. The molecule has 1 aliphatic rings. The van der Waals surface area contributed by atoms with Crippen LogP contribution in [0.3, 0.4) is 0 Å². The highest BCUT2D eigenvalue weighted by Gasteiger charge is 2.51. The molecule has 0 aliphatic carbocycles. The number of anilines is 1. The minimum Gasteiger partial charge on any atom is -0.479 e. The number of aromatic nitrogens is 4. The van der Waals surface area contributed by atoms with E-state index >= 15 is 0 Å². The Morgan fingerprint density at radius 2 is 2.21 bits per heavy atom. The van der Waals surface area contributed by atoms with Gasteiger partial charge in [0.15, 0.2) is 17.5 Å². The van der Waals surface area contributed by atoms with Crippen molar-refractivity contribution in [3.8, 4) is 5.69 Å². The number of amides is 1. The summed E-state index contributed by atoms with van der Waals surface area (Å²) in [5.74, 6) is -1.87. The first kappa shape index (κ1) is 16.0. The van der Waals surface area contributed by atoms with E-state index < -0.39 is 23.6 Å². The highest BCUT2D eigenvalue weighted by Crippen LogP contribution is 2.27. The Morgan fingerprint density at radius 3 is 2.88 bits per heavy atom. The molecule has 126 valence electrons. The van der Waals surface area contributed by atoms with Crippen LogP contribution in [0, 0.1) is 0 Å². The Balaban J connectivity index is 1.89. The minimum atomic E-state index is -1.97. The number of rotatable bonds is 4. The largest absolute Gasteiger partial charge is 0.479 e. The van der Waals surface area contributed by atoms with E-state index in [0.717, 1.165) is 0 Å². The lowest BCUT2D eigenvalue weighted by atomic mass is 9.95. The molecule has 2 aromatic heterocycles. The van der Waals surface area contributed by atoms with Gasteiger partial charge in [-0.15, -0.1) is 5.10 Å². The van der Waals surface area contributed by atoms with Gasteiger partial charge in [-0.3, -0.25) is 9.69 Å². The van der Waals surface area contributed by atoms with Gasteiger partial charge in [0.25, 0.3) is 5.91 Å². The van der Waals surface area contributed by atoms with Gasteiger partial charge in [0.1, 0.15) is 0 Å². The van der Waals surface area contributed by atoms with Crippen molar-refractivity contribution < 1.29 is 24.5 Å². The molecule has 0 radical (unpaired) electrons. The van der Waals surface area contributed by atoms with Gasteiger partial charge in [0.2, 0.25) is 0 Å². The molecule has 0 aromatic carbocycles. The zero-order valence-electron chi connectivity index (χ0n) is 12.7. The molecule has 0 saturated carbocycles. The maximum absolute atomic E-state index is 12.6. The highest BCUT2D eigenvalue weighted by molar-refractivity contribution is 6.02. The van der Waals surface area contributed by atoms with Gasteiger partial charge in [-0.1, -0.05) is 0 Å². The fourth-order valence-electron chi connectivity index (χ4n) is 2.45. The first-order chi connectivity index (χ1) is 11.4. The van der Waals surface area contributed by atoms with Gasteiger partial charge in [-0.2, -0.15) is 10.2 Å². The number of morpholine rings is 1. The van der Waals surface area contributed by atoms with Crippen LogP contribution in [0.4, 0.5) is 5.82 Å². The number of aliphatic hydroxyl groups excluding tert-OH is 1. The summed E-state index contributed by atoms with van der Waals surface area (Å²) in [4.78, 5) is 25.0. The van der Waals surface area contributed by atoms with Gasteiger partial charge < -0.3 is 14.9 Å². The predicted molar refractivity (Wildman–Crippen MR) is 79.5 cm³/mol. The first-order valence-corrected chi connectivity index (χ1v) is 7.13. The van der Waals surface area contributed by atoms with Crippen LogP contribution in [0.2, 0.25) is 0 Å². The van der Waals surface area contributed by atoms with Gasteiger partial charge >= 0.3 is 5.97 Å². The number of ether oxygens (including phenoxy) is 1. The Bertz CT molecular complexity index is 764. The van der Waals surface area contributed by atoms with E-state index in [9.17, 15) is 14.7 Å². The lowest BCUT2D eigenvalue weighted by molar-refractivity contribution is -0.181. The summed E-state index contributed by atoms with van der Waals surface area (Å²) in [5.41, 5.74) is -1.21. The maximum atomic E-state index is 12.6. The van der Waals surface area contributed by atoms with E-state index in [1.807, 2.05) is 0 Å². The fourth-order valence-corrected chi connectivity index (χ4v) is 2.45. The van der Waals surface area contributed by atoms with Crippen LogP contribution in [0.1, 0.15) is 6.92 Å². The Hall–Kier alpha value is -2.85. The number of aliphatic carboxylic acids is 1. The molecule has 2 N–H and O–H groups in total. The number of carbonyl (C=O) groups is 2. The summed E-state index contributed by atoms with van der Waals surface area (Å²) >= 11 is 0. The summed E-state index contributed by atoms with van der Waals surface area (Å²) in [5, 5.41) is 30.5. The van der Waals surface area contributed by atoms with Crippen LogP contribution in [-0.4, -0.2) is 66.9 Å². The predicted octanol–water partition coefficient (Wildman–Crippen LogP) is -0.770. The highest BCUT2D eigenvalue weighted by atomic mass is 16.5. The van der Waals surface area contributed by atoms with Crippen LogP contribution in [0.15, 0.2) is 30.7 Å². The molecular weight excluding hydrogens is 318 g/mol. The molecule has 2 aromatic rings. The number of hydrogen-bond donors (Lipinski definition) is 2. The SMILES string of the molecule is CC1(C(O)C(=O)O)OCCN(c2ccn(-c3ccnnc3)n2)C1=O. The molecule has 1 amide bonds. The Morgan fingerprint density at radius 1 is 1.42 bits per heavy atom. The summed E-state index contributed by atoms with van der Waals surface area (Å²) in [6.07, 6.45) is 2.69. The van der Waals surface area contributed by atoms with Crippen LogP contribution in [0.5, 0.6) is 0 Å². The quantitative estimate of drug-likeness (QED) is 0.746. The second kappa shape index (κ2) is 5.98. The molecular formula is C14H15N5O5. The normalized spacial score (nSPS) is 22.4. The average molecular weight is 333 g/mol. The third-order valence-electron chi connectivity index (χ3n) is 3.83. The van der Waals surface area contributed by atoms with Crippen molar-refractivity contribution in [1.29, 1.82) is 0 Å². The molecule has 1 fully saturated rings. The number of carbonyl (C=O) groups excluding carboxylic acids is 1. The second-order valence-corrected chi connectivity index (χ2v) is 5.37. The van der Waals surface area contributed by atoms with Crippen LogP contribution < -0.4 is 4.90 Å². The summed E-state index contributed by atoms with van der Waals surface area (Å²) in [6, 6.07) is 3.31. The van der Waals surface area contributed by atoms with Crippen LogP contribution in [0.25, 0.3) is 5.69 Å². The van der Waals surface area contributed by atoms with Gasteiger partial charge in [-0.25, -0.2) is 9.48 Å². The molecule has 0 spiro atoms. The van der Waals surface area contributed by atoms with Crippen molar-refractivity contribution in [2.45, 2.75) is 18.6 Å². The summed E-state index contributed by atoms with van der Waals surface area (Å²) in [6.45, 7) is 1.53. The number of aliphatic hydroxyl groups is 1. The fraction of sp³-hybridized carbons (Fsp3) is 0.357. The molecule has 2 atom stereocenters. The van der Waals surface area contributed by atoms with E-state index in [1.165, 1.54) is 28.9 Å². The van der Waals surface area contributed by atoms with E-state index in [4.69, 9.17) is 9.84 Å². The molecule has 10 heteroatoms. The van der Waals surface area contributed by atoms with E-state index in [1.54, 1.807) is 18.3 Å². The molecule has 1 saturated heterocycles. The van der Waals surface area contributed by atoms with Crippen LogP contribution >= 0.6 is 0 Å². The first-order valence-electron chi connectivity index (χ1n) is 7.13. The molecule has 3 heterocycles. The van der Waals surface area contributed by atoms with Gasteiger partial charge in [0.05, 0.1) is 31.2 Å². The maximum Gasteiger partial charge on any atom is 0.336 e. The van der Waals surface area contributed by atoms with Crippen molar-refractivity contribution >= 4 is 17.7 Å². The lowest BCUT2D eigenvalue weighted by Gasteiger charge is -2.39. The summed E-state index contributed by atoms with van der Waals surface area (Å²) < 4.78 is 6.78. The van der Waals surface area contributed by atoms with Crippen molar-refractivity contribution in [3.63, 3.8) is 0 Å². The number of carboxylic acids is 1. The van der Waals surface area contributed by atoms with Crippen molar-refractivity contribution in [2.24, 2.45) is 0 Å². The summed E-state index contributed by atoms with van der Waals surface area (Å²) in [7, 11) is 0. The number of hydrogen-bond acceptors (Lipinski definition) is 7. The smallest absolute Gasteiger partial charge is 0.336 e. The monoisotopic (exact) mass is 333 g/mol. The van der Waals surface area contributed by atoms with E-state index in [2.05, 4.69) is 15.3 Å². The van der Waals surface area contributed by atoms with E-state index in [-0.39, 0.29) is 13.2 Å². The van der Waals surface area contributed by atoms with Gasteiger partial charge in [0, 0.05) is 12.3 Å². The van der Waals surface area contributed by atoms with Crippen molar-refractivity contribution in [1.82, 2.24) is 20.0 Å². The number of carboxylic acid groups (broad SMARTS) is 1. The molecule has 10 nitrogen and oxygen atoms in total. The van der Waals surface area contributed by atoms with Crippen molar-refractivity contribution in [3.05, 3.63) is 30.7 Å². The molecule has 24 heavy (non-hydrogen) atoms. The standard InChI is InChI=1S/C14H15N5O5/c1-14(11(20)12(21)22)13(23)18(6-7-24-14)10-3-5-19(17-10)9-2-4-15-16-8-9/h2-5,8,11,20H,6-7H2,1H3,(H,21,22). The Kier molecular flexibility index (Phi) is 3.99. The second-order valence-electron chi connectivity index (χ2n) is 5.37. The topological polar surface area (TPSA) is 131 Å². The lowest BCUT2D eigenvalue weighted by Crippen LogP contribution is -2.63. The molecule has 1 aliphatic heterocycles. The van der Waals surface area contributed by atoms with Crippen LogP contribution in [-0.2, 0) is 14.3 Å². The molecule has 0 bridgehead atoms. The van der Waals surface area contributed by atoms with Gasteiger partial charge in [-0.05, 0) is 13.0 Å². The van der Waals surface area contributed by atoms with E-state index in [0.29, 0.717) is 11.5 Å². The Labute approximate surface area is 136 Å². The third-order valence-corrected chi connectivity index (χ3v) is 3.83. The molecule has 3 rings (SSSR count). The zero-order chi connectivity index (χ0) is 17.3. The number of nitrogens with zero attached hydrogens (tertiary/aromatic N) is 5. The average Bonchev–Trinajstić information content (AvgIpc) is 3.07. The van der Waals surface area contributed by atoms with Crippen molar-refractivity contribution in [2.75, 3.05) is 18.1 Å². The minimum absolute atomic E-state index is 0.0796. The zero-order valence-corrected chi connectivity index (χ0v) is 12.7.